The van der Waals surface area contributed by atoms with Gasteiger partial charge in [0.05, 0.1) is 0 Å². The summed E-state index contributed by atoms with van der Waals surface area (Å²) < 4.78 is 0.979. The second-order valence-electron chi connectivity index (χ2n) is 5.33. The third-order valence-electron chi connectivity index (χ3n) is 3.92. The lowest BCUT2D eigenvalue weighted by Gasteiger charge is -2.38. The Morgan fingerprint density at radius 1 is 1.47 bits per heavy atom. The Labute approximate surface area is 123 Å². The summed E-state index contributed by atoms with van der Waals surface area (Å²) in [5.41, 5.74) is 7.82. The predicted octanol–water partition coefficient (Wildman–Crippen LogP) is 3.10. The SMILES string of the molecule is Cc1c(Br)cccc1C(=O)N1CCCCC1C(C)N. The molecule has 0 bridgehead atoms. The molecule has 19 heavy (non-hydrogen) atoms. The van der Waals surface area contributed by atoms with E-state index in [0.29, 0.717) is 0 Å². The van der Waals surface area contributed by atoms with Crippen molar-refractivity contribution >= 4 is 21.8 Å². The second kappa shape index (κ2) is 6.06. The molecule has 3 nitrogen and oxygen atoms in total. The molecule has 0 saturated carbocycles. The van der Waals surface area contributed by atoms with Crippen molar-refractivity contribution in [3.8, 4) is 0 Å². The lowest BCUT2D eigenvalue weighted by molar-refractivity contribution is 0.0583. The monoisotopic (exact) mass is 324 g/mol. The number of benzene rings is 1. The lowest BCUT2D eigenvalue weighted by atomic mass is 9.95. The van der Waals surface area contributed by atoms with Gasteiger partial charge in [0, 0.05) is 28.7 Å². The molecule has 1 amide bonds. The van der Waals surface area contributed by atoms with Gasteiger partial charge in [-0.3, -0.25) is 4.79 Å². The number of nitrogens with two attached hydrogens (primary N) is 1. The van der Waals surface area contributed by atoms with Gasteiger partial charge in [0.25, 0.3) is 5.91 Å². The summed E-state index contributed by atoms with van der Waals surface area (Å²) in [4.78, 5) is 14.7. The fourth-order valence-corrected chi connectivity index (χ4v) is 3.12. The number of rotatable bonds is 2. The van der Waals surface area contributed by atoms with Crippen LogP contribution in [-0.4, -0.2) is 29.4 Å². The minimum atomic E-state index is 0.0247. The minimum absolute atomic E-state index is 0.0247. The van der Waals surface area contributed by atoms with Gasteiger partial charge in [0.15, 0.2) is 0 Å². The largest absolute Gasteiger partial charge is 0.334 e. The number of likely N-dealkylation sites (tertiary alicyclic amines) is 1. The zero-order valence-corrected chi connectivity index (χ0v) is 13.1. The minimum Gasteiger partial charge on any atom is -0.334 e. The molecule has 2 N–H and O–H groups in total. The van der Waals surface area contributed by atoms with Gasteiger partial charge in [-0.15, -0.1) is 0 Å². The average Bonchev–Trinajstić information content (AvgIpc) is 2.41. The highest BCUT2D eigenvalue weighted by Crippen LogP contribution is 2.25. The first-order chi connectivity index (χ1) is 9.02. The summed E-state index contributed by atoms with van der Waals surface area (Å²) >= 11 is 3.49. The van der Waals surface area contributed by atoms with Gasteiger partial charge < -0.3 is 10.6 Å². The van der Waals surface area contributed by atoms with E-state index >= 15 is 0 Å². The van der Waals surface area contributed by atoms with Crippen molar-refractivity contribution in [2.45, 2.75) is 45.2 Å². The fraction of sp³-hybridized carbons (Fsp3) is 0.533. The summed E-state index contributed by atoms with van der Waals surface area (Å²) in [6.45, 7) is 4.78. The third kappa shape index (κ3) is 3.00. The second-order valence-corrected chi connectivity index (χ2v) is 6.19. The van der Waals surface area contributed by atoms with Gasteiger partial charge in [0.1, 0.15) is 0 Å². The Bertz CT molecular complexity index is 473. The Balaban J connectivity index is 2.29. The van der Waals surface area contributed by atoms with Crippen LogP contribution in [-0.2, 0) is 0 Å². The van der Waals surface area contributed by atoms with Crippen molar-refractivity contribution in [2.24, 2.45) is 5.73 Å². The van der Waals surface area contributed by atoms with Crippen LogP contribution in [0.3, 0.4) is 0 Å². The molecule has 0 aliphatic carbocycles. The van der Waals surface area contributed by atoms with E-state index in [1.54, 1.807) is 0 Å². The predicted molar refractivity (Wildman–Crippen MR) is 81.2 cm³/mol. The fourth-order valence-electron chi connectivity index (χ4n) is 2.75. The molecule has 1 heterocycles. The van der Waals surface area contributed by atoms with Crippen LogP contribution >= 0.6 is 15.9 Å². The van der Waals surface area contributed by atoms with Gasteiger partial charge >= 0.3 is 0 Å². The molecule has 4 heteroatoms. The smallest absolute Gasteiger partial charge is 0.254 e. The van der Waals surface area contributed by atoms with E-state index < -0.39 is 0 Å². The zero-order chi connectivity index (χ0) is 14.0. The van der Waals surface area contributed by atoms with Crippen LogP contribution in [0.15, 0.2) is 22.7 Å². The first kappa shape index (κ1) is 14.5. The van der Waals surface area contributed by atoms with Crippen LogP contribution in [0.4, 0.5) is 0 Å². The molecule has 2 atom stereocenters. The first-order valence-electron chi connectivity index (χ1n) is 6.84. The van der Waals surface area contributed by atoms with Gasteiger partial charge in [-0.25, -0.2) is 0 Å². The number of halogens is 1. The van der Waals surface area contributed by atoms with E-state index in [-0.39, 0.29) is 18.0 Å². The van der Waals surface area contributed by atoms with Crippen molar-refractivity contribution in [1.29, 1.82) is 0 Å². The number of carbonyl (C=O) groups is 1. The van der Waals surface area contributed by atoms with Crippen LogP contribution in [0, 0.1) is 6.92 Å². The van der Waals surface area contributed by atoms with Crippen molar-refractivity contribution < 1.29 is 4.79 Å². The molecule has 1 saturated heterocycles. The van der Waals surface area contributed by atoms with Crippen LogP contribution in [0.1, 0.15) is 42.1 Å². The van der Waals surface area contributed by atoms with E-state index in [2.05, 4.69) is 15.9 Å². The number of hydrogen-bond donors (Lipinski definition) is 1. The van der Waals surface area contributed by atoms with Crippen molar-refractivity contribution in [1.82, 2.24) is 4.90 Å². The third-order valence-corrected chi connectivity index (χ3v) is 4.77. The molecule has 0 spiro atoms. The van der Waals surface area contributed by atoms with E-state index in [0.717, 1.165) is 41.4 Å². The number of piperidine rings is 1. The van der Waals surface area contributed by atoms with Crippen LogP contribution in [0.2, 0.25) is 0 Å². The Morgan fingerprint density at radius 3 is 2.89 bits per heavy atom. The maximum atomic E-state index is 12.7. The number of hydrogen-bond acceptors (Lipinski definition) is 2. The average molecular weight is 325 g/mol. The topological polar surface area (TPSA) is 46.3 Å². The number of carbonyl (C=O) groups excluding carboxylic acids is 1. The molecule has 1 aromatic rings. The standard InChI is InChI=1S/C15H21BrN2O/c1-10-12(6-5-7-13(10)16)15(19)18-9-4-3-8-14(18)11(2)17/h5-7,11,14H,3-4,8-9,17H2,1-2H3. The quantitative estimate of drug-likeness (QED) is 0.908. The van der Waals surface area contributed by atoms with Gasteiger partial charge in [-0.05, 0) is 50.8 Å². The molecular formula is C15H21BrN2O. The highest BCUT2D eigenvalue weighted by molar-refractivity contribution is 9.10. The lowest BCUT2D eigenvalue weighted by Crippen LogP contribution is -2.51. The Hall–Kier alpha value is -0.870. The van der Waals surface area contributed by atoms with E-state index in [1.807, 2.05) is 36.9 Å². The summed E-state index contributed by atoms with van der Waals surface area (Å²) in [7, 11) is 0. The summed E-state index contributed by atoms with van der Waals surface area (Å²) in [6.07, 6.45) is 3.24. The number of amides is 1. The van der Waals surface area contributed by atoms with Crippen molar-refractivity contribution in [3.05, 3.63) is 33.8 Å². The summed E-state index contributed by atoms with van der Waals surface area (Å²) in [6, 6.07) is 5.96. The van der Waals surface area contributed by atoms with Crippen LogP contribution in [0.5, 0.6) is 0 Å². The molecular weight excluding hydrogens is 304 g/mol. The Kier molecular flexibility index (Phi) is 4.63. The maximum absolute atomic E-state index is 12.7. The molecule has 2 rings (SSSR count). The molecule has 1 fully saturated rings. The van der Waals surface area contributed by atoms with Crippen molar-refractivity contribution in [2.75, 3.05) is 6.54 Å². The summed E-state index contributed by atoms with van der Waals surface area (Å²) in [5, 5.41) is 0. The van der Waals surface area contributed by atoms with E-state index in [4.69, 9.17) is 5.73 Å². The zero-order valence-electron chi connectivity index (χ0n) is 11.5. The van der Waals surface area contributed by atoms with Crippen molar-refractivity contribution in [3.63, 3.8) is 0 Å². The highest BCUT2D eigenvalue weighted by Gasteiger charge is 2.30. The van der Waals surface area contributed by atoms with E-state index in [1.165, 1.54) is 0 Å². The molecule has 1 aromatic carbocycles. The maximum Gasteiger partial charge on any atom is 0.254 e. The first-order valence-corrected chi connectivity index (χ1v) is 7.63. The highest BCUT2D eigenvalue weighted by atomic mass is 79.9. The van der Waals surface area contributed by atoms with Gasteiger partial charge in [-0.2, -0.15) is 0 Å². The van der Waals surface area contributed by atoms with Gasteiger partial charge in [0.2, 0.25) is 0 Å². The summed E-state index contributed by atoms with van der Waals surface area (Å²) in [5.74, 6) is 0.112. The molecule has 1 aliphatic heterocycles. The van der Waals surface area contributed by atoms with Crippen LogP contribution < -0.4 is 5.73 Å². The molecule has 0 radical (unpaired) electrons. The van der Waals surface area contributed by atoms with Gasteiger partial charge in [-0.1, -0.05) is 22.0 Å². The molecule has 1 aliphatic rings. The Morgan fingerprint density at radius 2 is 2.21 bits per heavy atom. The van der Waals surface area contributed by atoms with Crippen LogP contribution in [0.25, 0.3) is 0 Å². The molecule has 104 valence electrons. The molecule has 0 aromatic heterocycles. The van der Waals surface area contributed by atoms with E-state index in [9.17, 15) is 4.79 Å². The molecule has 2 unspecified atom stereocenters. The number of nitrogens with zero attached hydrogens (tertiary/aromatic N) is 1. The normalized spacial score (nSPS) is 21.3.